The van der Waals surface area contributed by atoms with Crippen molar-refractivity contribution in [2.45, 2.75) is 30.6 Å². The molecule has 0 aliphatic carbocycles. The van der Waals surface area contributed by atoms with Crippen molar-refractivity contribution >= 4 is 11.8 Å². The predicted molar refractivity (Wildman–Crippen MR) is 101 cm³/mol. The molecule has 1 atom stereocenters. The van der Waals surface area contributed by atoms with E-state index in [1.807, 2.05) is 18.2 Å². The van der Waals surface area contributed by atoms with Crippen LogP contribution in [0.3, 0.4) is 0 Å². The Kier molecular flexibility index (Phi) is 5.32. The molecule has 1 aliphatic rings. The number of halogens is 1. The van der Waals surface area contributed by atoms with E-state index in [4.69, 9.17) is 4.74 Å². The lowest BCUT2D eigenvalue weighted by molar-refractivity contribution is 0.129. The molecule has 0 N–H and O–H groups in total. The molecule has 0 saturated carbocycles. The summed E-state index contributed by atoms with van der Waals surface area (Å²) in [6, 6.07) is 16.6. The van der Waals surface area contributed by atoms with E-state index < -0.39 is 0 Å². The van der Waals surface area contributed by atoms with Crippen molar-refractivity contribution < 1.29 is 9.13 Å². The molecule has 0 radical (unpaired) electrons. The highest BCUT2D eigenvalue weighted by Gasteiger charge is 2.19. The molecule has 6 heteroatoms. The van der Waals surface area contributed by atoms with Crippen molar-refractivity contribution in [3.05, 3.63) is 66.0 Å². The normalized spacial score (nSPS) is 16.9. The number of ether oxygens (including phenoxy) is 1. The predicted octanol–water partition coefficient (Wildman–Crippen LogP) is 4.40. The summed E-state index contributed by atoms with van der Waals surface area (Å²) in [5, 5.41) is 9.65. The van der Waals surface area contributed by atoms with Gasteiger partial charge in [0.05, 0.1) is 12.6 Å². The molecule has 0 unspecified atom stereocenters. The molecule has 3 aromatic rings. The van der Waals surface area contributed by atoms with E-state index in [-0.39, 0.29) is 11.9 Å². The summed E-state index contributed by atoms with van der Waals surface area (Å²) in [5.41, 5.74) is 2.04. The number of thioether (sulfide) groups is 1. The fourth-order valence-electron chi connectivity index (χ4n) is 3.06. The minimum atomic E-state index is -0.254. The monoisotopic (exact) mass is 369 g/mol. The van der Waals surface area contributed by atoms with Crippen LogP contribution in [0.15, 0.2) is 59.8 Å². The number of benzene rings is 2. The van der Waals surface area contributed by atoms with E-state index in [0.717, 1.165) is 41.7 Å². The van der Waals surface area contributed by atoms with Crippen LogP contribution in [0, 0.1) is 5.82 Å². The van der Waals surface area contributed by atoms with Gasteiger partial charge in [-0.2, -0.15) is 0 Å². The number of rotatable bonds is 6. The number of nitrogens with zero attached hydrogens (tertiary/aromatic N) is 3. The Bertz CT molecular complexity index is 845. The van der Waals surface area contributed by atoms with Gasteiger partial charge in [-0.1, -0.05) is 42.1 Å². The van der Waals surface area contributed by atoms with Crippen LogP contribution in [-0.2, 0) is 11.3 Å². The zero-order valence-corrected chi connectivity index (χ0v) is 15.2. The molecule has 1 aliphatic heterocycles. The summed E-state index contributed by atoms with van der Waals surface area (Å²) < 4.78 is 21.1. The Hall–Kier alpha value is -2.18. The molecule has 26 heavy (non-hydrogen) atoms. The zero-order chi connectivity index (χ0) is 17.8. The van der Waals surface area contributed by atoms with Gasteiger partial charge in [-0.3, -0.25) is 4.57 Å². The second-order valence-corrected chi connectivity index (χ2v) is 7.32. The van der Waals surface area contributed by atoms with Crippen LogP contribution >= 0.6 is 11.8 Å². The number of aromatic nitrogens is 3. The zero-order valence-electron chi connectivity index (χ0n) is 14.3. The largest absolute Gasteiger partial charge is 0.377 e. The van der Waals surface area contributed by atoms with Crippen LogP contribution in [0.5, 0.6) is 0 Å². The third-order valence-corrected chi connectivity index (χ3v) is 5.52. The van der Waals surface area contributed by atoms with E-state index in [9.17, 15) is 4.39 Å². The summed E-state index contributed by atoms with van der Waals surface area (Å²) in [6.07, 6.45) is 2.52. The standard InChI is InChI=1S/C20H20FN3OS/c21-17-10-8-16(9-11-17)19-22-23-20(26-14-18-7-4-12-25-18)24(19)13-15-5-2-1-3-6-15/h1-3,5-6,8-11,18H,4,7,12-14H2/t18-/m1/s1. The lowest BCUT2D eigenvalue weighted by Crippen LogP contribution is -2.10. The van der Waals surface area contributed by atoms with Crippen LogP contribution in [-0.4, -0.2) is 33.2 Å². The average molecular weight is 369 g/mol. The van der Waals surface area contributed by atoms with Gasteiger partial charge in [0.1, 0.15) is 5.82 Å². The molecular formula is C20H20FN3OS. The van der Waals surface area contributed by atoms with Crippen molar-refractivity contribution in [3.63, 3.8) is 0 Å². The van der Waals surface area contributed by atoms with Gasteiger partial charge in [0.25, 0.3) is 0 Å². The van der Waals surface area contributed by atoms with E-state index in [0.29, 0.717) is 6.54 Å². The summed E-state index contributed by atoms with van der Waals surface area (Å²) in [4.78, 5) is 0. The highest BCUT2D eigenvalue weighted by Crippen LogP contribution is 2.27. The van der Waals surface area contributed by atoms with E-state index in [1.165, 1.54) is 17.7 Å². The molecule has 0 bridgehead atoms. The molecule has 2 heterocycles. The van der Waals surface area contributed by atoms with Gasteiger partial charge in [-0.15, -0.1) is 10.2 Å². The SMILES string of the molecule is Fc1ccc(-c2nnc(SC[C@H]3CCCO3)n2Cc2ccccc2)cc1. The molecule has 1 aromatic heterocycles. The second kappa shape index (κ2) is 8.01. The molecule has 0 spiro atoms. The first-order chi connectivity index (χ1) is 12.8. The van der Waals surface area contributed by atoms with Gasteiger partial charge < -0.3 is 4.74 Å². The molecule has 1 fully saturated rings. The Morgan fingerprint density at radius 3 is 2.62 bits per heavy atom. The highest BCUT2D eigenvalue weighted by molar-refractivity contribution is 7.99. The maximum Gasteiger partial charge on any atom is 0.191 e. The Morgan fingerprint density at radius 1 is 1.08 bits per heavy atom. The van der Waals surface area contributed by atoms with E-state index in [2.05, 4.69) is 26.9 Å². The minimum Gasteiger partial charge on any atom is -0.377 e. The maximum absolute atomic E-state index is 13.3. The van der Waals surface area contributed by atoms with Crippen LogP contribution < -0.4 is 0 Å². The molecule has 134 valence electrons. The van der Waals surface area contributed by atoms with Crippen molar-refractivity contribution in [2.75, 3.05) is 12.4 Å². The molecule has 2 aromatic carbocycles. The Balaban J connectivity index is 1.63. The first-order valence-corrected chi connectivity index (χ1v) is 9.75. The fourth-order valence-corrected chi connectivity index (χ4v) is 4.06. The van der Waals surface area contributed by atoms with Crippen LogP contribution in [0.25, 0.3) is 11.4 Å². The van der Waals surface area contributed by atoms with Crippen LogP contribution in [0.2, 0.25) is 0 Å². The average Bonchev–Trinajstić information content (AvgIpc) is 3.32. The van der Waals surface area contributed by atoms with Gasteiger partial charge >= 0.3 is 0 Å². The van der Waals surface area contributed by atoms with Crippen molar-refractivity contribution in [1.29, 1.82) is 0 Å². The molecule has 1 saturated heterocycles. The Labute approximate surface area is 156 Å². The number of hydrogen-bond acceptors (Lipinski definition) is 4. The summed E-state index contributed by atoms with van der Waals surface area (Å²) in [5.74, 6) is 1.37. The van der Waals surface area contributed by atoms with Gasteiger partial charge in [0.15, 0.2) is 11.0 Å². The maximum atomic E-state index is 13.3. The third-order valence-electron chi connectivity index (χ3n) is 4.43. The summed E-state index contributed by atoms with van der Waals surface area (Å²) in [6.45, 7) is 1.52. The molecule has 0 amide bonds. The minimum absolute atomic E-state index is 0.254. The molecule has 4 rings (SSSR count). The van der Waals surface area contributed by atoms with Gasteiger partial charge in [0.2, 0.25) is 0 Å². The topological polar surface area (TPSA) is 39.9 Å². The lowest BCUT2D eigenvalue weighted by atomic mass is 10.2. The van der Waals surface area contributed by atoms with Gasteiger partial charge in [0, 0.05) is 17.9 Å². The smallest absolute Gasteiger partial charge is 0.191 e. The lowest BCUT2D eigenvalue weighted by Gasteiger charge is -2.12. The fraction of sp³-hybridized carbons (Fsp3) is 0.300. The molecule has 4 nitrogen and oxygen atoms in total. The summed E-state index contributed by atoms with van der Waals surface area (Å²) in [7, 11) is 0. The van der Waals surface area contributed by atoms with Gasteiger partial charge in [-0.25, -0.2) is 4.39 Å². The van der Waals surface area contributed by atoms with Crippen molar-refractivity contribution in [3.8, 4) is 11.4 Å². The summed E-state index contributed by atoms with van der Waals surface area (Å²) >= 11 is 1.67. The highest BCUT2D eigenvalue weighted by atomic mass is 32.2. The quantitative estimate of drug-likeness (QED) is 0.604. The Morgan fingerprint density at radius 2 is 1.88 bits per heavy atom. The van der Waals surface area contributed by atoms with Crippen LogP contribution in [0.1, 0.15) is 18.4 Å². The number of hydrogen-bond donors (Lipinski definition) is 0. The van der Waals surface area contributed by atoms with Crippen molar-refractivity contribution in [1.82, 2.24) is 14.8 Å². The van der Waals surface area contributed by atoms with Crippen molar-refractivity contribution in [2.24, 2.45) is 0 Å². The van der Waals surface area contributed by atoms with E-state index in [1.54, 1.807) is 23.9 Å². The molecular weight excluding hydrogens is 349 g/mol. The van der Waals surface area contributed by atoms with Crippen LogP contribution in [0.4, 0.5) is 4.39 Å². The first-order valence-electron chi connectivity index (χ1n) is 8.77. The first kappa shape index (κ1) is 17.2. The third kappa shape index (κ3) is 3.97. The van der Waals surface area contributed by atoms with E-state index >= 15 is 0 Å². The van der Waals surface area contributed by atoms with Gasteiger partial charge in [-0.05, 0) is 42.7 Å². The second-order valence-electron chi connectivity index (χ2n) is 6.33.